The third-order valence-electron chi connectivity index (χ3n) is 2.26. The van der Waals surface area contributed by atoms with Gasteiger partial charge in [0.1, 0.15) is 6.04 Å². The average molecular weight is 260 g/mol. The summed E-state index contributed by atoms with van der Waals surface area (Å²) in [5.41, 5.74) is 6.12. The van der Waals surface area contributed by atoms with Gasteiger partial charge in [0.05, 0.1) is 0 Å². The number of carbonyl (C=O) groups is 2. The molecule has 100 valence electrons. The number of carbonyl (C=O) groups excluding carboxylic acids is 1. The molecule has 0 aromatic carbocycles. The molecule has 0 spiro atoms. The first-order chi connectivity index (χ1) is 9.09. The van der Waals surface area contributed by atoms with Gasteiger partial charge in [0, 0.05) is 12.6 Å². The third-order valence-corrected chi connectivity index (χ3v) is 2.26. The summed E-state index contributed by atoms with van der Waals surface area (Å²) in [5.74, 6) is -1.53. The normalized spacial score (nSPS) is 23.5. The molecule has 0 aromatic rings. The standard InChI is InChI=1S/C14H16N2O3/c15-12(14(18)19)10-16-13(17)9-8-11-6-4-2-1-3-5-7-11/h1-9,12H,10,15H2,(H,16,17)(H,18,19)/b2-1-,3-1?,4-2?,5-3-,6-4-,7-5?,9-8?,11-6?,11-7+. The lowest BCUT2D eigenvalue weighted by atomic mass is 10.1. The predicted molar refractivity (Wildman–Crippen MR) is 73.3 cm³/mol. The highest BCUT2D eigenvalue weighted by Gasteiger charge is 2.11. The number of hydrogen-bond donors (Lipinski definition) is 3. The number of allylic oxidation sites excluding steroid dienone is 9. The molecular weight excluding hydrogens is 244 g/mol. The number of nitrogens with two attached hydrogens (primary N) is 1. The van der Waals surface area contributed by atoms with E-state index < -0.39 is 12.0 Å². The zero-order valence-electron chi connectivity index (χ0n) is 10.3. The highest BCUT2D eigenvalue weighted by atomic mass is 16.4. The number of rotatable bonds is 5. The van der Waals surface area contributed by atoms with Gasteiger partial charge >= 0.3 is 5.97 Å². The van der Waals surface area contributed by atoms with Gasteiger partial charge in [-0.2, -0.15) is 0 Å². The van der Waals surface area contributed by atoms with E-state index >= 15 is 0 Å². The van der Waals surface area contributed by atoms with Crippen LogP contribution in [-0.2, 0) is 9.59 Å². The van der Waals surface area contributed by atoms with Crippen molar-refractivity contribution >= 4 is 11.9 Å². The van der Waals surface area contributed by atoms with Crippen LogP contribution in [0.25, 0.3) is 0 Å². The van der Waals surface area contributed by atoms with Crippen molar-refractivity contribution in [1.29, 1.82) is 0 Å². The second-order valence-electron chi connectivity index (χ2n) is 3.82. The van der Waals surface area contributed by atoms with Gasteiger partial charge in [-0.15, -0.1) is 0 Å². The minimum Gasteiger partial charge on any atom is -0.480 e. The first-order valence-corrected chi connectivity index (χ1v) is 5.75. The van der Waals surface area contributed by atoms with Crippen molar-refractivity contribution in [2.24, 2.45) is 5.73 Å². The van der Waals surface area contributed by atoms with Crippen LogP contribution in [-0.4, -0.2) is 29.6 Å². The van der Waals surface area contributed by atoms with E-state index in [0.717, 1.165) is 5.57 Å². The number of nitrogens with one attached hydrogen (secondary N) is 1. The Morgan fingerprint density at radius 1 is 1.26 bits per heavy atom. The van der Waals surface area contributed by atoms with Crippen LogP contribution in [0.15, 0.2) is 60.3 Å². The van der Waals surface area contributed by atoms with E-state index in [4.69, 9.17) is 10.8 Å². The van der Waals surface area contributed by atoms with E-state index in [2.05, 4.69) is 5.32 Å². The number of hydrogen-bond acceptors (Lipinski definition) is 3. The van der Waals surface area contributed by atoms with Crippen LogP contribution in [0.3, 0.4) is 0 Å². The second kappa shape index (κ2) is 7.84. The van der Waals surface area contributed by atoms with Crippen LogP contribution in [0.5, 0.6) is 0 Å². The van der Waals surface area contributed by atoms with Gasteiger partial charge in [-0.1, -0.05) is 42.5 Å². The summed E-state index contributed by atoms with van der Waals surface area (Å²) in [5, 5.41) is 11.0. The summed E-state index contributed by atoms with van der Waals surface area (Å²) in [6.45, 7) is -0.101. The maximum absolute atomic E-state index is 11.4. The smallest absolute Gasteiger partial charge is 0.322 e. The van der Waals surface area contributed by atoms with Crippen molar-refractivity contribution in [1.82, 2.24) is 5.32 Å². The molecule has 0 saturated heterocycles. The first kappa shape index (κ1) is 14.7. The highest BCUT2D eigenvalue weighted by molar-refractivity contribution is 5.88. The van der Waals surface area contributed by atoms with Crippen LogP contribution in [0.4, 0.5) is 0 Å². The number of aliphatic carboxylic acids is 1. The summed E-state index contributed by atoms with van der Waals surface area (Å²) < 4.78 is 0. The lowest BCUT2D eigenvalue weighted by molar-refractivity contribution is -0.138. The Bertz CT molecular complexity index is 485. The molecule has 5 nitrogen and oxygen atoms in total. The number of carboxylic acid groups (broad SMARTS) is 1. The van der Waals surface area contributed by atoms with Crippen molar-refractivity contribution in [3.63, 3.8) is 0 Å². The van der Waals surface area contributed by atoms with Crippen molar-refractivity contribution in [2.45, 2.75) is 6.04 Å². The van der Waals surface area contributed by atoms with E-state index in [1.54, 1.807) is 6.08 Å². The Balaban J connectivity index is 2.47. The molecule has 0 fully saturated rings. The molecule has 0 radical (unpaired) electrons. The van der Waals surface area contributed by atoms with E-state index in [9.17, 15) is 9.59 Å². The van der Waals surface area contributed by atoms with Crippen LogP contribution >= 0.6 is 0 Å². The summed E-state index contributed by atoms with van der Waals surface area (Å²) >= 11 is 0. The summed E-state index contributed by atoms with van der Waals surface area (Å²) in [6.07, 6.45) is 16.1. The second-order valence-corrected chi connectivity index (χ2v) is 3.82. The summed E-state index contributed by atoms with van der Waals surface area (Å²) in [4.78, 5) is 21.9. The lowest BCUT2D eigenvalue weighted by Gasteiger charge is -2.06. The third kappa shape index (κ3) is 6.18. The molecule has 1 atom stereocenters. The van der Waals surface area contributed by atoms with Gasteiger partial charge in [-0.25, -0.2) is 0 Å². The molecule has 1 aliphatic carbocycles. The Labute approximate surface area is 111 Å². The van der Waals surface area contributed by atoms with E-state index in [1.807, 2.05) is 42.5 Å². The quantitative estimate of drug-likeness (QED) is 0.634. The van der Waals surface area contributed by atoms with E-state index in [1.165, 1.54) is 6.08 Å². The Morgan fingerprint density at radius 2 is 1.95 bits per heavy atom. The van der Waals surface area contributed by atoms with Crippen molar-refractivity contribution in [3.05, 3.63) is 60.3 Å². The number of carboxylic acids is 1. The average Bonchev–Trinajstić information content (AvgIpc) is 2.34. The molecule has 4 N–H and O–H groups in total. The van der Waals surface area contributed by atoms with Gasteiger partial charge in [-0.3, -0.25) is 9.59 Å². The molecule has 1 aliphatic rings. The lowest BCUT2D eigenvalue weighted by Crippen LogP contribution is -2.41. The Morgan fingerprint density at radius 3 is 2.68 bits per heavy atom. The Hall–Kier alpha value is -2.40. The molecule has 5 heteroatoms. The van der Waals surface area contributed by atoms with Gasteiger partial charge in [0.25, 0.3) is 0 Å². The van der Waals surface area contributed by atoms with Crippen molar-refractivity contribution < 1.29 is 14.7 Å². The van der Waals surface area contributed by atoms with Crippen LogP contribution in [0, 0.1) is 0 Å². The number of amides is 1. The summed E-state index contributed by atoms with van der Waals surface area (Å²) in [6, 6.07) is -1.09. The van der Waals surface area contributed by atoms with Gasteiger partial charge < -0.3 is 16.2 Å². The zero-order valence-corrected chi connectivity index (χ0v) is 10.3. The Kier molecular flexibility index (Phi) is 6.05. The van der Waals surface area contributed by atoms with Gasteiger partial charge in [-0.05, 0) is 11.6 Å². The van der Waals surface area contributed by atoms with Crippen LogP contribution < -0.4 is 11.1 Å². The topological polar surface area (TPSA) is 92.4 Å². The molecule has 0 bridgehead atoms. The monoisotopic (exact) mass is 260 g/mol. The van der Waals surface area contributed by atoms with Gasteiger partial charge in [0.2, 0.25) is 5.91 Å². The van der Waals surface area contributed by atoms with Crippen molar-refractivity contribution in [2.75, 3.05) is 6.54 Å². The first-order valence-electron chi connectivity index (χ1n) is 5.75. The fraction of sp³-hybridized carbons (Fsp3) is 0.143. The van der Waals surface area contributed by atoms with Crippen LogP contribution in [0.1, 0.15) is 0 Å². The molecule has 0 aliphatic heterocycles. The maximum Gasteiger partial charge on any atom is 0.322 e. The molecule has 0 aromatic heterocycles. The molecule has 1 rings (SSSR count). The van der Waals surface area contributed by atoms with Gasteiger partial charge in [0.15, 0.2) is 0 Å². The summed E-state index contributed by atoms with van der Waals surface area (Å²) in [7, 11) is 0. The highest BCUT2D eigenvalue weighted by Crippen LogP contribution is 2.02. The fourth-order valence-electron chi connectivity index (χ4n) is 1.22. The SMILES string of the molecule is NC(CNC(=O)C=CC1=C/C=C\C=C/C=C\1)C(=O)O. The minimum absolute atomic E-state index is 0.101. The molecule has 19 heavy (non-hydrogen) atoms. The molecule has 1 unspecified atom stereocenters. The minimum atomic E-state index is -1.15. The molecular formula is C14H16N2O3. The van der Waals surface area contributed by atoms with Crippen LogP contribution in [0.2, 0.25) is 0 Å². The van der Waals surface area contributed by atoms with Crippen molar-refractivity contribution in [3.8, 4) is 0 Å². The predicted octanol–water partition coefficient (Wildman–Crippen LogP) is 0.679. The largest absolute Gasteiger partial charge is 0.480 e. The molecule has 1 amide bonds. The fourth-order valence-corrected chi connectivity index (χ4v) is 1.22. The van der Waals surface area contributed by atoms with E-state index in [0.29, 0.717) is 0 Å². The maximum atomic E-state index is 11.4. The zero-order chi connectivity index (χ0) is 14.1. The van der Waals surface area contributed by atoms with E-state index in [-0.39, 0.29) is 12.5 Å². The molecule has 0 saturated carbocycles. The molecule has 0 heterocycles.